The SMILES string of the molecule is CC(F)C(F)(F)C(F)(F)C(F)(F)C(F)(F)C(F)(F)C(F)(F)C(F)(F)C(F)(F)[Si](C)(C)CCCCCCCCC[Si](Cl)(Cl)Cl. The summed E-state index contributed by atoms with van der Waals surface area (Å²) in [6.45, 7) is -0.0633. The van der Waals surface area contributed by atoms with E-state index in [4.69, 9.17) is 33.2 Å². The number of unbranched alkanes of at least 4 members (excludes halogenated alkanes) is 6. The van der Waals surface area contributed by atoms with Crippen molar-refractivity contribution in [2.45, 2.75) is 130 Å². The third-order valence-electron chi connectivity index (χ3n) is 6.90. The van der Waals surface area contributed by atoms with Gasteiger partial charge in [-0.15, -0.1) is 33.2 Å². The van der Waals surface area contributed by atoms with Crippen molar-refractivity contribution in [1.82, 2.24) is 0 Å². The smallest absolute Gasteiger partial charge is 0.241 e. The van der Waals surface area contributed by atoms with Gasteiger partial charge in [-0.1, -0.05) is 64.1 Å². The van der Waals surface area contributed by atoms with Gasteiger partial charge in [0.1, 0.15) is 8.07 Å². The molecule has 0 rings (SSSR count). The van der Waals surface area contributed by atoms with E-state index in [-0.39, 0.29) is 25.9 Å². The van der Waals surface area contributed by atoms with E-state index < -0.39 is 80.2 Å². The summed E-state index contributed by atoms with van der Waals surface area (Å²) in [5.74, 6) is -56.0. The normalized spacial score (nSPS) is 16.5. The molecular formula is C21H28Cl3F17Si2. The Bertz CT molecular complexity index is 906. The van der Waals surface area contributed by atoms with Gasteiger partial charge in [0.25, 0.3) is 5.55 Å². The Hall–Kier alpha value is 0.114. The standard InChI is InChI=1S/C21H28Cl3F17Si2/c1-13(25)14(26,27)15(28,29)16(30,31)17(32,33)18(34,35)19(36,37)20(38,39)21(40,41)42(2,3)11-9-7-5-4-6-8-10-12-43(22,23)24/h13H,4-12H2,1-3H3. The van der Waals surface area contributed by atoms with Crippen molar-refractivity contribution in [1.29, 1.82) is 0 Å². The molecule has 0 nitrogen and oxygen atoms in total. The molecule has 0 saturated heterocycles. The highest BCUT2D eigenvalue weighted by atomic mass is 35.8. The van der Waals surface area contributed by atoms with Crippen LogP contribution >= 0.6 is 33.2 Å². The van der Waals surface area contributed by atoms with Crippen molar-refractivity contribution < 1.29 is 74.6 Å². The molecule has 1 unspecified atom stereocenters. The zero-order chi connectivity index (χ0) is 34.9. The lowest BCUT2D eigenvalue weighted by atomic mass is 9.88. The average molecular weight is 766 g/mol. The van der Waals surface area contributed by atoms with Crippen LogP contribution in [-0.2, 0) is 0 Å². The van der Waals surface area contributed by atoms with Crippen LogP contribution in [0.1, 0.15) is 51.9 Å². The van der Waals surface area contributed by atoms with Crippen LogP contribution in [0.2, 0.25) is 25.2 Å². The Morgan fingerprint density at radius 1 is 0.465 bits per heavy atom. The Morgan fingerprint density at radius 2 is 0.744 bits per heavy atom. The van der Waals surface area contributed by atoms with Crippen molar-refractivity contribution in [3.8, 4) is 0 Å². The Kier molecular flexibility index (Phi) is 13.7. The first-order chi connectivity index (χ1) is 18.7. The van der Waals surface area contributed by atoms with Gasteiger partial charge in [-0.3, -0.25) is 0 Å². The Labute approximate surface area is 252 Å². The molecule has 0 aromatic heterocycles. The molecule has 0 amide bonds. The van der Waals surface area contributed by atoms with E-state index in [0.717, 1.165) is 0 Å². The summed E-state index contributed by atoms with van der Waals surface area (Å²) in [5.41, 5.74) is -6.26. The quantitative estimate of drug-likeness (QED) is 0.0532. The summed E-state index contributed by atoms with van der Waals surface area (Å²) in [6.07, 6.45) is -2.32. The van der Waals surface area contributed by atoms with E-state index >= 15 is 0 Å². The van der Waals surface area contributed by atoms with Gasteiger partial charge in [-0.05, 0) is 13.0 Å². The molecule has 0 aromatic carbocycles. The van der Waals surface area contributed by atoms with Gasteiger partial charge < -0.3 is 0 Å². The van der Waals surface area contributed by atoms with Gasteiger partial charge in [0.05, 0.1) is 0 Å². The van der Waals surface area contributed by atoms with Crippen LogP contribution in [0.3, 0.4) is 0 Å². The minimum Gasteiger partial charge on any atom is -0.241 e. The molecule has 260 valence electrons. The molecule has 0 saturated carbocycles. The zero-order valence-corrected chi connectivity index (χ0v) is 26.8. The van der Waals surface area contributed by atoms with Gasteiger partial charge >= 0.3 is 47.5 Å². The van der Waals surface area contributed by atoms with Crippen LogP contribution in [0.4, 0.5) is 74.6 Å². The molecule has 0 aliphatic rings. The Morgan fingerprint density at radius 3 is 1.07 bits per heavy atom. The minimum absolute atomic E-state index is 0.0322. The third-order valence-corrected chi connectivity index (χ3v) is 13.1. The van der Waals surface area contributed by atoms with Crippen LogP contribution in [0.5, 0.6) is 0 Å². The molecule has 0 bridgehead atoms. The van der Waals surface area contributed by atoms with E-state index in [1.54, 1.807) is 0 Å². The molecule has 0 radical (unpaired) electrons. The van der Waals surface area contributed by atoms with E-state index in [1.165, 1.54) is 0 Å². The number of rotatable bonds is 19. The topological polar surface area (TPSA) is 0 Å². The van der Waals surface area contributed by atoms with E-state index in [0.29, 0.717) is 38.1 Å². The summed E-state index contributed by atoms with van der Waals surface area (Å²) < 4.78 is 237. The molecule has 0 aliphatic heterocycles. The highest BCUT2D eigenvalue weighted by Crippen LogP contribution is 2.65. The van der Waals surface area contributed by atoms with Crippen LogP contribution in [0, 0.1) is 0 Å². The van der Waals surface area contributed by atoms with E-state index in [9.17, 15) is 74.6 Å². The second-order valence-electron chi connectivity index (χ2n) is 10.7. The monoisotopic (exact) mass is 764 g/mol. The zero-order valence-electron chi connectivity index (χ0n) is 22.5. The first kappa shape index (κ1) is 43.1. The van der Waals surface area contributed by atoms with Crippen LogP contribution in [-0.4, -0.2) is 67.3 Å². The third kappa shape index (κ3) is 7.99. The van der Waals surface area contributed by atoms with Crippen LogP contribution < -0.4 is 0 Å². The molecule has 0 heterocycles. The molecule has 1 atom stereocenters. The average Bonchev–Trinajstić information content (AvgIpc) is 2.80. The molecular weight excluding hydrogens is 738 g/mol. The summed E-state index contributed by atoms with van der Waals surface area (Å²) in [6, 6.07) is -3.46. The molecule has 22 heteroatoms. The van der Waals surface area contributed by atoms with Crippen molar-refractivity contribution in [3.63, 3.8) is 0 Å². The predicted octanol–water partition coefficient (Wildman–Crippen LogP) is 12.1. The largest absolute Gasteiger partial charge is 0.385 e. The first-order valence-corrected chi connectivity index (χ1v) is 20.8. The summed E-state index contributed by atoms with van der Waals surface area (Å²) >= 11 is 17.1. The highest BCUT2D eigenvalue weighted by molar-refractivity contribution is 7.64. The lowest BCUT2D eigenvalue weighted by Gasteiger charge is -2.46. The van der Waals surface area contributed by atoms with Gasteiger partial charge in [0.2, 0.25) is 0 Å². The number of alkyl halides is 17. The lowest BCUT2D eigenvalue weighted by molar-refractivity contribution is -0.451. The fraction of sp³-hybridized carbons (Fsp3) is 1.00. The molecule has 0 aliphatic carbocycles. The van der Waals surface area contributed by atoms with Crippen molar-refractivity contribution in [2.24, 2.45) is 0 Å². The number of halogens is 20. The predicted molar refractivity (Wildman–Crippen MR) is 133 cm³/mol. The summed E-state index contributed by atoms with van der Waals surface area (Å²) in [4.78, 5) is 0. The Balaban J connectivity index is 5.95. The van der Waals surface area contributed by atoms with Gasteiger partial charge in [-0.25, -0.2) is 13.2 Å². The molecule has 43 heavy (non-hydrogen) atoms. The van der Waals surface area contributed by atoms with Gasteiger partial charge in [-0.2, -0.15) is 61.5 Å². The van der Waals surface area contributed by atoms with Crippen molar-refractivity contribution >= 4 is 47.3 Å². The molecule has 0 spiro atoms. The molecule has 0 fully saturated rings. The van der Waals surface area contributed by atoms with Crippen molar-refractivity contribution in [3.05, 3.63) is 0 Å². The number of hydrogen-bond donors (Lipinski definition) is 0. The summed E-state index contributed by atoms with van der Waals surface area (Å²) in [5, 5.41) is 0. The maximum atomic E-state index is 14.7. The van der Waals surface area contributed by atoms with Gasteiger partial charge in [0, 0.05) is 0 Å². The van der Waals surface area contributed by atoms with Crippen LogP contribution in [0.15, 0.2) is 0 Å². The maximum Gasteiger partial charge on any atom is 0.385 e. The van der Waals surface area contributed by atoms with E-state index in [2.05, 4.69) is 0 Å². The lowest BCUT2D eigenvalue weighted by Crippen LogP contribution is -2.77. The maximum absolute atomic E-state index is 14.7. The highest BCUT2D eigenvalue weighted by Gasteiger charge is 2.95. The molecule has 0 aromatic rings. The molecule has 0 N–H and O–H groups in total. The van der Waals surface area contributed by atoms with Gasteiger partial charge in [0.15, 0.2) is 6.17 Å². The van der Waals surface area contributed by atoms with E-state index in [1.807, 2.05) is 0 Å². The number of hydrogen-bond acceptors (Lipinski definition) is 0. The minimum atomic E-state index is -8.54. The van der Waals surface area contributed by atoms with Crippen molar-refractivity contribution in [2.75, 3.05) is 0 Å². The fourth-order valence-electron chi connectivity index (χ4n) is 3.80. The second kappa shape index (κ2) is 13.7. The second-order valence-corrected chi connectivity index (χ2v) is 24.9. The van der Waals surface area contributed by atoms with Crippen LogP contribution in [0.25, 0.3) is 0 Å². The first-order valence-electron chi connectivity index (χ1n) is 12.4. The summed E-state index contributed by atoms with van der Waals surface area (Å²) in [7, 11) is -5.23. The fourth-order valence-corrected chi connectivity index (χ4v) is 8.11.